The molecule has 6 heteroatoms. The average molecular weight is 188 g/mol. The first-order valence-electron chi connectivity index (χ1n) is 3.30. The third kappa shape index (κ3) is 1.90. The van der Waals surface area contributed by atoms with E-state index in [2.05, 4.69) is 4.98 Å². The highest BCUT2D eigenvalue weighted by Crippen LogP contribution is 2.21. The molecule has 0 aromatic carbocycles. The van der Waals surface area contributed by atoms with Gasteiger partial charge in [-0.25, -0.2) is 13.8 Å². The normalized spacial score (nSPS) is 10.4. The van der Waals surface area contributed by atoms with Crippen LogP contribution in [0.3, 0.4) is 0 Å². The second kappa shape index (κ2) is 3.34. The number of halogens is 2. The number of pyridine rings is 1. The fourth-order valence-corrected chi connectivity index (χ4v) is 0.770. The minimum absolute atomic E-state index is 0.503. The molecule has 1 aromatic heterocycles. The summed E-state index contributed by atoms with van der Waals surface area (Å²) < 4.78 is 24.1. The summed E-state index contributed by atoms with van der Waals surface area (Å²) in [7, 11) is 0. The van der Waals surface area contributed by atoms with Gasteiger partial charge in [0.15, 0.2) is 5.69 Å². The van der Waals surface area contributed by atoms with Crippen molar-refractivity contribution in [2.45, 2.75) is 6.43 Å². The molecule has 0 radical (unpaired) electrons. The van der Waals surface area contributed by atoms with Crippen LogP contribution in [0.1, 0.15) is 22.6 Å². The molecule has 1 amide bonds. The molecule has 1 aromatic rings. The van der Waals surface area contributed by atoms with E-state index in [1.54, 1.807) is 0 Å². The highest BCUT2D eigenvalue weighted by atomic mass is 19.3. The monoisotopic (exact) mass is 188 g/mol. The Kier molecular flexibility index (Phi) is 2.41. The van der Waals surface area contributed by atoms with E-state index in [1.165, 1.54) is 0 Å². The zero-order valence-electron chi connectivity index (χ0n) is 6.37. The molecule has 0 saturated heterocycles. The summed E-state index contributed by atoms with van der Waals surface area (Å²) in [5, 5.41) is 8.98. The molecule has 4 nitrogen and oxygen atoms in total. The Morgan fingerprint density at radius 2 is 2.15 bits per heavy atom. The lowest BCUT2D eigenvalue weighted by molar-refractivity contribution is 0.0990. The van der Waals surface area contributed by atoms with Gasteiger partial charge in [-0.15, -0.1) is 0 Å². The largest absolute Gasteiger partial charge is 0.505 e. The lowest BCUT2D eigenvalue weighted by Crippen LogP contribution is -2.14. The van der Waals surface area contributed by atoms with Crippen molar-refractivity contribution in [2.75, 3.05) is 0 Å². The van der Waals surface area contributed by atoms with Crippen LogP contribution in [-0.2, 0) is 0 Å². The van der Waals surface area contributed by atoms with E-state index in [1.807, 2.05) is 0 Å². The number of alkyl halides is 2. The maximum atomic E-state index is 12.0. The lowest BCUT2D eigenvalue weighted by Gasteiger charge is -2.02. The number of aromatic hydroxyl groups is 1. The molecule has 1 rings (SSSR count). The van der Waals surface area contributed by atoms with Crippen molar-refractivity contribution in [3.05, 3.63) is 23.5 Å². The number of primary amides is 1. The molecule has 0 saturated carbocycles. The van der Waals surface area contributed by atoms with Crippen molar-refractivity contribution in [1.29, 1.82) is 0 Å². The van der Waals surface area contributed by atoms with Crippen LogP contribution in [0.5, 0.6) is 5.75 Å². The maximum absolute atomic E-state index is 12.0. The quantitative estimate of drug-likeness (QED) is 0.721. The fourth-order valence-electron chi connectivity index (χ4n) is 0.770. The van der Waals surface area contributed by atoms with Crippen molar-refractivity contribution in [2.24, 2.45) is 5.73 Å². The predicted molar refractivity (Wildman–Crippen MR) is 39.4 cm³/mol. The second-order valence-electron chi connectivity index (χ2n) is 2.27. The van der Waals surface area contributed by atoms with Gasteiger partial charge in [-0.2, -0.15) is 0 Å². The summed E-state index contributed by atoms with van der Waals surface area (Å²) in [6, 6.07) is 1.88. The van der Waals surface area contributed by atoms with Crippen LogP contribution in [-0.4, -0.2) is 16.0 Å². The van der Waals surface area contributed by atoms with E-state index >= 15 is 0 Å². The summed E-state index contributed by atoms with van der Waals surface area (Å²) in [6.07, 6.45) is -2.79. The van der Waals surface area contributed by atoms with Gasteiger partial charge in [-0.1, -0.05) is 0 Å². The van der Waals surface area contributed by atoms with Gasteiger partial charge in [-0.3, -0.25) is 4.79 Å². The van der Waals surface area contributed by atoms with E-state index in [0.717, 1.165) is 12.1 Å². The van der Waals surface area contributed by atoms with E-state index in [0.29, 0.717) is 0 Å². The molecule has 0 unspecified atom stereocenters. The molecule has 0 fully saturated rings. The van der Waals surface area contributed by atoms with Crippen LogP contribution in [0.25, 0.3) is 0 Å². The summed E-state index contributed by atoms with van der Waals surface area (Å²) in [5.41, 5.74) is 3.64. The number of aromatic nitrogens is 1. The first-order valence-corrected chi connectivity index (χ1v) is 3.30. The molecule has 0 aliphatic carbocycles. The summed E-state index contributed by atoms with van der Waals surface area (Å²) in [5.74, 6) is -1.54. The van der Waals surface area contributed by atoms with Gasteiger partial charge in [0.2, 0.25) is 0 Å². The predicted octanol–water partition coefficient (Wildman–Crippen LogP) is 0.824. The highest BCUT2D eigenvalue weighted by Gasteiger charge is 2.15. The van der Waals surface area contributed by atoms with Crippen molar-refractivity contribution < 1.29 is 18.7 Å². The minimum Gasteiger partial charge on any atom is -0.505 e. The number of amides is 1. The molecule has 0 bridgehead atoms. The molecule has 0 spiro atoms. The Bertz CT molecular complexity index is 341. The Hall–Kier alpha value is -1.72. The van der Waals surface area contributed by atoms with E-state index in [-0.39, 0.29) is 0 Å². The van der Waals surface area contributed by atoms with Crippen LogP contribution < -0.4 is 5.73 Å². The first kappa shape index (κ1) is 9.37. The van der Waals surface area contributed by atoms with Gasteiger partial charge in [-0.05, 0) is 12.1 Å². The zero-order chi connectivity index (χ0) is 10.0. The molecule has 0 aliphatic heterocycles. The molecular formula is C7H6F2N2O2. The Balaban J connectivity index is 3.19. The zero-order valence-corrected chi connectivity index (χ0v) is 6.37. The molecule has 3 N–H and O–H groups in total. The molecule has 1 heterocycles. The smallest absolute Gasteiger partial charge is 0.280 e. The summed E-state index contributed by atoms with van der Waals surface area (Å²) in [4.78, 5) is 13.7. The number of hydrogen-bond donors (Lipinski definition) is 2. The standard InChI is InChI=1S/C7H6F2N2O2/c8-6(9)3-1-2-4(12)5(11-3)7(10)13/h1-2,6,12H,(H2,10,13). The van der Waals surface area contributed by atoms with Crippen molar-refractivity contribution >= 4 is 5.91 Å². The SMILES string of the molecule is NC(=O)c1nc(C(F)F)ccc1O. The van der Waals surface area contributed by atoms with Gasteiger partial charge in [0, 0.05) is 0 Å². The molecule has 13 heavy (non-hydrogen) atoms. The number of nitrogens with two attached hydrogens (primary N) is 1. The third-order valence-electron chi connectivity index (χ3n) is 1.35. The topological polar surface area (TPSA) is 76.2 Å². The van der Waals surface area contributed by atoms with Gasteiger partial charge in [0.05, 0.1) is 0 Å². The molecule has 0 aliphatic rings. The molecular weight excluding hydrogens is 182 g/mol. The van der Waals surface area contributed by atoms with Gasteiger partial charge >= 0.3 is 0 Å². The van der Waals surface area contributed by atoms with Gasteiger partial charge in [0.1, 0.15) is 11.4 Å². The van der Waals surface area contributed by atoms with Crippen LogP contribution in [0.15, 0.2) is 12.1 Å². The van der Waals surface area contributed by atoms with E-state index < -0.39 is 29.5 Å². The molecule has 70 valence electrons. The number of nitrogens with zero attached hydrogens (tertiary/aromatic N) is 1. The number of carbonyl (C=O) groups excluding carboxylic acids is 1. The Labute approximate surface area is 72.0 Å². The number of rotatable bonds is 2. The first-order chi connectivity index (χ1) is 6.02. The Morgan fingerprint density at radius 3 is 2.62 bits per heavy atom. The average Bonchev–Trinajstić information content (AvgIpc) is 2.04. The Morgan fingerprint density at radius 1 is 1.54 bits per heavy atom. The summed E-state index contributed by atoms with van der Waals surface area (Å²) >= 11 is 0. The lowest BCUT2D eigenvalue weighted by atomic mass is 10.2. The van der Waals surface area contributed by atoms with E-state index in [9.17, 15) is 13.6 Å². The van der Waals surface area contributed by atoms with Crippen LogP contribution >= 0.6 is 0 Å². The summed E-state index contributed by atoms with van der Waals surface area (Å²) in [6.45, 7) is 0. The maximum Gasteiger partial charge on any atom is 0.280 e. The number of hydrogen-bond acceptors (Lipinski definition) is 3. The van der Waals surface area contributed by atoms with Crippen molar-refractivity contribution in [3.63, 3.8) is 0 Å². The van der Waals surface area contributed by atoms with Crippen molar-refractivity contribution in [3.8, 4) is 5.75 Å². The highest BCUT2D eigenvalue weighted by molar-refractivity contribution is 5.93. The minimum atomic E-state index is -2.79. The van der Waals surface area contributed by atoms with Gasteiger partial charge < -0.3 is 10.8 Å². The van der Waals surface area contributed by atoms with Crippen molar-refractivity contribution in [1.82, 2.24) is 4.98 Å². The van der Waals surface area contributed by atoms with E-state index in [4.69, 9.17) is 10.8 Å². The fraction of sp³-hybridized carbons (Fsp3) is 0.143. The van der Waals surface area contributed by atoms with Crippen LogP contribution in [0, 0.1) is 0 Å². The second-order valence-corrected chi connectivity index (χ2v) is 2.27. The molecule has 0 atom stereocenters. The van der Waals surface area contributed by atoms with Gasteiger partial charge in [0.25, 0.3) is 12.3 Å². The van der Waals surface area contributed by atoms with Crippen LogP contribution in [0.2, 0.25) is 0 Å². The van der Waals surface area contributed by atoms with Crippen LogP contribution in [0.4, 0.5) is 8.78 Å². The third-order valence-corrected chi connectivity index (χ3v) is 1.35. The number of carbonyl (C=O) groups is 1.